The Labute approximate surface area is 124 Å². The van der Waals surface area contributed by atoms with Crippen LogP contribution in [0.15, 0.2) is 36.9 Å². The van der Waals surface area contributed by atoms with Crippen LogP contribution >= 0.6 is 0 Å². The zero-order valence-corrected chi connectivity index (χ0v) is 12.1. The minimum atomic E-state index is -1.09. The fourth-order valence-corrected chi connectivity index (χ4v) is 1.77. The van der Waals surface area contributed by atoms with Crippen molar-refractivity contribution in [1.29, 1.82) is 0 Å². The summed E-state index contributed by atoms with van der Waals surface area (Å²) in [5.41, 5.74) is 0.0349. The van der Waals surface area contributed by atoms with Gasteiger partial charge in [0.15, 0.2) is 0 Å². The zero-order valence-electron chi connectivity index (χ0n) is 12.1. The lowest BCUT2D eigenvalue weighted by Crippen LogP contribution is -2.24. The summed E-state index contributed by atoms with van der Waals surface area (Å²) in [7, 11) is 0. The molecule has 1 aromatic rings. The molecule has 1 N–H and O–H groups in total. The van der Waals surface area contributed by atoms with Crippen LogP contribution in [-0.2, 0) is 9.53 Å². The molecule has 5 nitrogen and oxygen atoms in total. The summed E-state index contributed by atoms with van der Waals surface area (Å²) in [6, 6.07) is 6.26. The van der Waals surface area contributed by atoms with Gasteiger partial charge in [-0.05, 0) is 18.6 Å². The summed E-state index contributed by atoms with van der Waals surface area (Å²) in [5.74, 6) is -1.50. The predicted molar refractivity (Wildman–Crippen MR) is 78.2 cm³/mol. The number of esters is 1. The Balaban J connectivity index is 2.81. The van der Waals surface area contributed by atoms with Crippen molar-refractivity contribution in [2.75, 3.05) is 0 Å². The Morgan fingerprint density at radius 1 is 1.33 bits per heavy atom. The average Bonchev–Trinajstić information content (AvgIpc) is 2.47. The highest BCUT2D eigenvalue weighted by atomic mass is 16.7. The lowest BCUT2D eigenvalue weighted by Gasteiger charge is -2.19. The van der Waals surface area contributed by atoms with Gasteiger partial charge in [-0.3, -0.25) is 0 Å². The van der Waals surface area contributed by atoms with E-state index in [2.05, 4.69) is 13.5 Å². The van der Waals surface area contributed by atoms with Crippen molar-refractivity contribution >= 4 is 11.9 Å². The van der Waals surface area contributed by atoms with Gasteiger partial charge >= 0.3 is 11.9 Å². The number of carboxylic acid groups (broad SMARTS) is 1. The van der Waals surface area contributed by atoms with Crippen LogP contribution in [0, 0.1) is 0 Å². The van der Waals surface area contributed by atoms with Crippen molar-refractivity contribution in [3.05, 3.63) is 42.5 Å². The summed E-state index contributed by atoms with van der Waals surface area (Å²) >= 11 is 0. The maximum atomic E-state index is 11.3. The molecular weight excluding hydrogens is 272 g/mol. The molecule has 0 fully saturated rings. The molecule has 1 aromatic carbocycles. The van der Waals surface area contributed by atoms with Gasteiger partial charge in [-0.25, -0.2) is 9.59 Å². The Morgan fingerprint density at radius 2 is 2.05 bits per heavy atom. The number of hydrogen-bond donors (Lipinski definition) is 1. The number of para-hydroxylation sites is 1. The van der Waals surface area contributed by atoms with Crippen molar-refractivity contribution < 1.29 is 24.2 Å². The summed E-state index contributed by atoms with van der Waals surface area (Å²) < 4.78 is 10.7. The molecule has 114 valence electrons. The third-order valence-electron chi connectivity index (χ3n) is 2.83. The number of aromatic carboxylic acids is 1. The Bertz CT molecular complexity index is 495. The maximum Gasteiger partial charge on any atom is 0.339 e. The molecule has 21 heavy (non-hydrogen) atoms. The molecule has 1 atom stereocenters. The Morgan fingerprint density at radius 3 is 2.67 bits per heavy atom. The molecule has 1 rings (SSSR count). The number of unbranched alkanes of at least 4 members (excludes halogenated alkanes) is 2. The van der Waals surface area contributed by atoms with Crippen LogP contribution in [0.25, 0.3) is 0 Å². The zero-order chi connectivity index (χ0) is 15.7. The number of ether oxygens (including phenoxy) is 2. The Hall–Kier alpha value is -2.30. The van der Waals surface area contributed by atoms with Gasteiger partial charge in [0.05, 0.1) is 0 Å². The average molecular weight is 292 g/mol. The smallest absolute Gasteiger partial charge is 0.339 e. The largest absolute Gasteiger partial charge is 0.478 e. The fraction of sp³-hybridized carbons (Fsp3) is 0.375. The molecule has 0 aromatic heterocycles. The lowest BCUT2D eigenvalue weighted by atomic mass is 10.2. The molecule has 0 heterocycles. The highest BCUT2D eigenvalue weighted by Crippen LogP contribution is 2.21. The number of benzene rings is 1. The van der Waals surface area contributed by atoms with E-state index in [0.29, 0.717) is 6.42 Å². The third kappa shape index (κ3) is 5.69. The van der Waals surface area contributed by atoms with E-state index >= 15 is 0 Å². The van der Waals surface area contributed by atoms with Crippen LogP contribution in [0.1, 0.15) is 43.0 Å². The molecular formula is C16H20O5. The molecule has 1 unspecified atom stereocenters. The van der Waals surface area contributed by atoms with Gasteiger partial charge in [0.2, 0.25) is 6.29 Å². The number of carbonyl (C=O) groups excluding carboxylic acids is 1. The molecule has 0 aliphatic carbocycles. The van der Waals surface area contributed by atoms with Crippen molar-refractivity contribution in [3.63, 3.8) is 0 Å². The topological polar surface area (TPSA) is 72.8 Å². The van der Waals surface area contributed by atoms with Crippen LogP contribution in [0.5, 0.6) is 5.75 Å². The van der Waals surface area contributed by atoms with Crippen LogP contribution in [0.2, 0.25) is 0 Å². The van der Waals surface area contributed by atoms with E-state index in [1.165, 1.54) is 12.1 Å². The molecule has 0 saturated heterocycles. The standard InChI is InChI=1S/C16H20O5/c1-3-5-6-11-15(21-14(17)4-2)20-13-10-8-7-9-12(13)16(18)19/h4,7-10,15H,2-3,5-6,11H2,1H3,(H,18,19). The van der Waals surface area contributed by atoms with Gasteiger partial charge < -0.3 is 14.6 Å². The highest BCUT2D eigenvalue weighted by Gasteiger charge is 2.18. The van der Waals surface area contributed by atoms with Gasteiger partial charge in [-0.2, -0.15) is 0 Å². The number of rotatable bonds is 9. The first-order valence-electron chi connectivity index (χ1n) is 6.90. The van der Waals surface area contributed by atoms with Crippen LogP contribution in [0.4, 0.5) is 0 Å². The van der Waals surface area contributed by atoms with Gasteiger partial charge in [-0.1, -0.05) is 38.5 Å². The molecule has 0 amide bonds. The number of carboxylic acids is 1. The van der Waals surface area contributed by atoms with Gasteiger partial charge in [0, 0.05) is 12.5 Å². The highest BCUT2D eigenvalue weighted by molar-refractivity contribution is 5.90. The molecule has 0 spiro atoms. The number of carbonyl (C=O) groups is 2. The SMILES string of the molecule is C=CC(=O)OC(CCCCC)Oc1ccccc1C(=O)O. The van der Waals surface area contributed by atoms with Crippen molar-refractivity contribution in [2.45, 2.75) is 38.9 Å². The van der Waals surface area contributed by atoms with E-state index in [0.717, 1.165) is 25.3 Å². The van der Waals surface area contributed by atoms with Gasteiger partial charge in [0.25, 0.3) is 0 Å². The Kier molecular flexibility index (Phi) is 7.01. The van der Waals surface area contributed by atoms with Crippen LogP contribution in [0.3, 0.4) is 0 Å². The minimum Gasteiger partial charge on any atom is -0.478 e. The lowest BCUT2D eigenvalue weighted by molar-refractivity contribution is -0.158. The quantitative estimate of drug-likeness (QED) is 0.327. The van der Waals surface area contributed by atoms with Crippen LogP contribution < -0.4 is 4.74 Å². The molecule has 0 saturated carbocycles. The van der Waals surface area contributed by atoms with E-state index < -0.39 is 18.2 Å². The molecule has 5 heteroatoms. The summed E-state index contributed by atoms with van der Waals surface area (Å²) in [5, 5.41) is 9.12. The van der Waals surface area contributed by atoms with Crippen molar-refractivity contribution in [2.24, 2.45) is 0 Å². The van der Waals surface area contributed by atoms with Crippen molar-refractivity contribution in [1.82, 2.24) is 0 Å². The predicted octanol–water partition coefficient (Wildman–Crippen LogP) is 3.40. The second-order valence-corrected chi connectivity index (χ2v) is 4.49. The van der Waals surface area contributed by atoms with E-state index in [-0.39, 0.29) is 11.3 Å². The second-order valence-electron chi connectivity index (χ2n) is 4.49. The molecule has 0 aliphatic heterocycles. The third-order valence-corrected chi connectivity index (χ3v) is 2.83. The normalized spacial score (nSPS) is 11.5. The van der Waals surface area contributed by atoms with Crippen LogP contribution in [-0.4, -0.2) is 23.3 Å². The minimum absolute atomic E-state index is 0.0349. The van der Waals surface area contributed by atoms with E-state index in [9.17, 15) is 9.59 Å². The van der Waals surface area contributed by atoms with E-state index in [1.54, 1.807) is 12.1 Å². The summed E-state index contributed by atoms with van der Waals surface area (Å²) in [6.07, 6.45) is 3.56. The monoisotopic (exact) mass is 292 g/mol. The van der Waals surface area contributed by atoms with Gasteiger partial charge in [0.1, 0.15) is 11.3 Å². The first-order valence-corrected chi connectivity index (χ1v) is 6.90. The van der Waals surface area contributed by atoms with E-state index in [1.807, 2.05) is 0 Å². The fourth-order valence-electron chi connectivity index (χ4n) is 1.77. The second kappa shape index (κ2) is 8.79. The molecule has 0 aliphatic rings. The molecule has 0 radical (unpaired) electrons. The first-order chi connectivity index (χ1) is 10.1. The summed E-state index contributed by atoms with van der Waals surface area (Å²) in [6.45, 7) is 5.40. The first kappa shape index (κ1) is 16.8. The summed E-state index contributed by atoms with van der Waals surface area (Å²) in [4.78, 5) is 22.5. The van der Waals surface area contributed by atoms with Crippen molar-refractivity contribution in [3.8, 4) is 5.75 Å². The number of hydrogen-bond acceptors (Lipinski definition) is 4. The maximum absolute atomic E-state index is 11.3. The van der Waals surface area contributed by atoms with E-state index in [4.69, 9.17) is 14.6 Å². The van der Waals surface area contributed by atoms with Gasteiger partial charge in [-0.15, -0.1) is 0 Å². The molecule has 0 bridgehead atoms.